The molecule has 138 valence electrons. The molecule has 0 atom stereocenters. The number of carbonyl (C=O) groups excluding carboxylic acids is 1. The van der Waals surface area contributed by atoms with Crippen LogP contribution in [0.15, 0.2) is 29.3 Å². The molecule has 2 rings (SSSR count). The van der Waals surface area contributed by atoms with Gasteiger partial charge in [0.25, 0.3) is 0 Å². The fraction of sp³-hybridized carbons (Fsp3) is 0.579. The maximum atomic E-state index is 12.3. The van der Waals surface area contributed by atoms with Crippen LogP contribution in [-0.2, 0) is 22.5 Å². The van der Waals surface area contributed by atoms with Gasteiger partial charge in [-0.25, -0.2) is 0 Å². The Morgan fingerprint density at radius 1 is 1.32 bits per heavy atom. The zero-order chi connectivity index (χ0) is 17.9. The van der Waals surface area contributed by atoms with Crippen molar-refractivity contribution in [2.24, 2.45) is 10.7 Å². The highest BCUT2D eigenvalue weighted by molar-refractivity contribution is 5.78. The van der Waals surface area contributed by atoms with E-state index >= 15 is 0 Å². The van der Waals surface area contributed by atoms with E-state index in [1.54, 1.807) is 0 Å². The van der Waals surface area contributed by atoms with Crippen LogP contribution in [0.3, 0.4) is 0 Å². The minimum absolute atomic E-state index is 0.202. The van der Waals surface area contributed by atoms with E-state index in [1.165, 1.54) is 11.1 Å². The Labute approximate surface area is 150 Å². The van der Waals surface area contributed by atoms with Crippen LogP contribution in [0.25, 0.3) is 0 Å². The molecule has 0 aliphatic carbocycles. The van der Waals surface area contributed by atoms with E-state index in [2.05, 4.69) is 28.5 Å². The molecular formula is C19H30N4O2. The molecule has 3 N–H and O–H groups in total. The average Bonchev–Trinajstić information content (AvgIpc) is 2.64. The van der Waals surface area contributed by atoms with Crippen molar-refractivity contribution in [2.45, 2.75) is 39.2 Å². The Morgan fingerprint density at radius 3 is 2.92 bits per heavy atom. The molecule has 6 nitrogen and oxygen atoms in total. The standard InChI is InChI=1S/C19H30N4O2/c1-2-25-14-6-12-22-19(20)21-11-5-9-18(24)23-13-10-16-7-3-4-8-17(16)15-23/h3-4,7-8H,2,5-6,9-15H2,1H3,(H3,20,21,22). The number of ether oxygens (including phenoxy) is 1. The second-order valence-electron chi connectivity index (χ2n) is 6.18. The summed E-state index contributed by atoms with van der Waals surface area (Å²) in [5.74, 6) is 0.642. The molecule has 1 heterocycles. The molecule has 6 heteroatoms. The first-order valence-electron chi connectivity index (χ1n) is 9.16. The second-order valence-corrected chi connectivity index (χ2v) is 6.18. The topological polar surface area (TPSA) is 80.0 Å². The summed E-state index contributed by atoms with van der Waals surface area (Å²) in [5, 5.41) is 3.06. The van der Waals surface area contributed by atoms with Crippen LogP contribution >= 0.6 is 0 Å². The van der Waals surface area contributed by atoms with Crippen LogP contribution in [0.4, 0.5) is 0 Å². The van der Waals surface area contributed by atoms with Crippen LogP contribution < -0.4 is 11.1 Å². The average molecular weight is 346 g/mol. The van der Waals surface area contributed by atoms with Gasteiger partial charge in [-0.1, -0.05) is 24.3 Å². The first-order valence-corrected chi connectivity index (χ1v) is 9.16. The minimum atomic E-state index is 0.202. The Morgan fingerprint density at radius 2 is 2.12 bits per heavy atom. The molecule has 0 unspecified atom stereocenters. The Hall–Kier alpha value is -2.08. The third kappa shape index (κ3) is 6.74. The van der Waals surface area contributed by atoms with Crippen molar-refractivity contribution in [1.29, 1.82) is 0 Å². The molecule has 1 aliphatic heterocycles. The van der Waals surface area contributed by atoms with Gasteiger partial charge in [-0.05, 0) is 37.3 Å². The van der Waals surface area contributed by atoms with Crippen LogP contribution in [-0.4, -0.2) is 49.6 Å². The van der Waals surface area contributed by atoms with Crippen molar-refractivity contribution in [2.75, 3.05) is 32.8 Å². The van der Waals surface area contributed by atoms with Gasteiger partial charge in [-0.3, -0.25) is 9.79 Å². The van der Waals surface area contributed by atoms with E-state index in [0.29, 0.717) is 18.9 Å². The lowest BCUT2D eigenvalue weighted by Gasteiger charge is -2.28. The van der Waals surface area contributed by atoms with Crippen molar-refractivity contribution < 1.29 is 9.53 Å². The zero-order valence-electron chi connectivity index (χ0n) is 15.2. The van der Waals surface area contributed by atoms with Crippen molar-refractivity contribution in [1.82, 2.24) is 10.2 Å². The van der Waals surface area contributed by atoms with Crippen molar-refractivity contribution in [3.05, 3.63) is 35.4 Å². The Balaban J connectivity index is 1.61. The fourth-order valence-electron chi connectivity index (χ4n) is 2.89. The van der Waals surface area contributed by atoms with Gasteiger partial charge in [0, 0.05) is 45.8 Å². The molecule has 0 bridgehead atoms. The molecule has 25 heavy (non-hydrogen) atoms. The van der Waals surface area contributed by atoms with Gasteiger partial charge in [-0.2, -0.15) is 0 Å². The highest BCUT2D eigenvalue weighted by Crippen LogP contribution is 2.19. The van der Waals surface area contributed by atoms with E-state index in [9.17, 15) is 4.79 Å². The quantitative estimate of drug-likeness (QED) is 0.405. The molecule has 0 spiro atoms. The number of guanidine groups is 1. The van der Waals surface area contributed by atoms with Crippen LogP contribution in [0, 0.1) is 0 Å². The van der Waals surface area contributed by atoms with E-state index in [0.717, 1.165) is 52.1 Å². The summed E-state index contributed by atoms with van der Waals surface area (Å²) in [4.78, 5) is 18.6. The normalized spacial score (nSPS) is 14.3. The lowest BCUT2D eigenvalue weighted by atomic mass is 9.99. The summed E-state index contributed by atoms with van der Waals surface area (Å²) in [6.45, 7) is 6.30. The molecular weight excluding hydrogens is 316 g/mol. The number of aliphatic imine (C=N–C) groups is 1. The van der Waals surface area contributed by atoms with Gasteiger partial charge in [0.15, 0.2) is 5.96 Å². The number of hydrogen-bond donors (Lipinski definition) is 2. The maximum absolute atomic E-state index is 12.3. The summed E-state index contributed by atoms with van der Waals surface area (Å²) in [5.41, 5.74) is 8.43. The maximum Gasteiger partial charge on any atom is 0.222 e. The third-order valence-corrected chi connectivity index (χ3v) is 4.29. The summed E-state index contributed by atoms with van der Waals surface area (Å²) < 4.78 is 5.26. The first-order chi connectivity index (χ1) is 12.2. The molecule has 1 amide bonds. The molecule has 1 aromatic rings. The van der Waals surface area contributed by atoms with Crippen LogP contribution in [0.1, 0.15) is 37.3 Å². The lowest BCUT2D eigenvalue weighted by molar-refractivity contribution is -0.132. The molecule has 0 saturated heterocycles. The van der Waals surface area contributed by atoms with Crippen molar-refractivity contribution in [3.63, 3.8) is 0 Å². The van der Waals surface area contributed by atoms with Gasteiger partial charge < -0.3 is 20.7 Å². The molecule has 0 saturated carbocycles. The molecule has 0 aromatic heterocycles. The van der Waals surface area contributed by atoms with Crippen molar-refractivity contribution in [3.8, 4) is 0 Å². The fourth-order valence-corrected chi connectivity index (χ4v) is 2.89. The summed E-state index contributed by atoms with van der Waals surface area (Å²) in [7, 11) is 0. The number of hydrogen-bond acceptors (Lipinski definition) is 3. The molecule has 1 aliphatic rings. The SMILES string of the molecule is CCOCCCNC(N)=NCCCC(=O)N1CCc2ccccc2C1. The smallest absolute Gasteiger partial charge is 0.222 e. The monoisotopic (exact) mass is 346 g/mol. The highest BCUT2D eigenvalue weighted by atomic mass is 16.5. The molecule has 0 radical (unpaired) electrons. The van der Waals surface area contributed by atoms with Gasteiger partial charge in [0.1, 0.15) is 0 Å². The predicted octanol–water partition coefficient (Wildman–Crippen LogP) is 1.68. The summed E-state index contributed by atoms with van der Waals surface area (Å²) in [6.07, 6.45) is 3.08. The zero-order valence-corrected chi connectivity index (χ0v) is 15.2. The summed E-state index contributed by atoms with van der Waals surface area (Å²) in [6, 6.07) is 8.35. The van der Waals surface area contributed by atoms with E-state index in [-0.39, 0.29) is 5.91 Å². The lowest BCUT2D eigenvalue weighted by Crippen LogP contribution is -2.36. The number of nitrogens with two attached hydrogens (primary N) is 1. The van der Waals surface area contributed by atoms with E-state index in [4.69, 9.17) is 10.5 Å². The number of carbonyl (C=O) groups is 1. The van der Waals surface area contributed by atoms with E-state index in [1.807, 2.05) is 17.9 Å². The highest BCUT2D eigenvalue weighted by Gasteiger charge is 2.19. The minimum Gasteiger partial charge on any atom is -0.382 e. The van der Waals surface area contributed by atoms with Gasteiger partial charge in [0.2, 0.25) is 5.91 Å². The number of benzene rings is 1. The predicted molar refractivity (Wildman–Crippen MR) is 100 cm³/mol. The number of nitrogens with zero attached hydrogens (tertiary/aromatic N) is 2. The molecule has 1 aromatic carbocycles. The second kappa shape index (κ2) is 10.7. The van der Waals surface area contributed by atoms with Gasteiger partial charge in [0.05, 0.1) is 0 Å². The third-order valence-electron chi connectivity index (χ3n) is 4.29. The number of rotatable bonds is 9. The Kier molecular flexibility index (Phi) is 8.25. The number of fused-ring (bicyclic) bond motifs is 1. The van der Waals surface area contributed by atoms with Crippen molar-refractivity contribution >= 4 is 11.9 Å². The summed E-state index contributed by atoms with van der Waals surface area (Å²) >= 11 is 0. The largest absolute Gasteiger partial charge is 0.382 e. The van der Waals surface area contributed by atoms with Crippen LogP contribution in [0.5, 0.6) is 0 Å². The Bertz CT molecular complexity index is 574. The number of amides is 1. The first kappa shape index (κ1) is 19.2. The molecule has 0 fully saturated rings. The van der Waals surface area contributed by atoms with Crippen LogP contribution in [0.2, 0.25) is 0 Å². The van der Waals surface area contributed by atoms with E-state index < -0.39 is 0 Å². The number of nitrogens with one attached hydrogen (secondary N) is 1. The van der Waals surface area contributed by atoms with Gasteiger partial charge in [-0.15, -0.1) is 0 Å². The van der Waals surface area contributed by atoms with Gasteiger partial charge >= 0.3 is 0 Å².